The highest BCUT2D eigenvalue weighted by Crippen LogP contribution is 2.24. The summed E-state index contributed by atoms with van der Waals surface area (Å²) in [5.74, 6) is 1.44. The maximum Gasteiger partial charge on any atom is 0.408 e. The molecular weight excluding hydrogens is 394 g/mol. The van der Waals surface area contributed by atoms with E-state index in [1.54, 1.807) is 45.0 Å². The molecule has 1 atom stereocenters. The SMILES string of the molecule is C#Cc1ccccc1C(C(=O)NCCCCC)N(C#C)C(=O)CNC(=O)OC(C)(C)C. The highest BCUT2D eigenvalue weighted by Gasteiger charge is 2.32. The second kappa shape index (κ2) is 12.3. The zero-order valence-electron chi connectivity index (χ0n) is 18.7. The molecule has 1 aromatic rings. The first-order valence-corrected chi connectivity index (χ1v) is 10.2. The van der Waals surface area contributed by atoms with Crippen LogP contribution in [-0.2, 0) is 14.3 Å². The number of hydrogen-bond acceptors (Lipinski definition) is 4. The average molecular weight is 426 g/mol. The Kier molecular flexibility index (Phi) is 10.1. The molecule has 3 amide bonds. The first-order valence-electron chi connectivity index (χ1n) is 10.2. The number of hydrogen-bond donors (Lipinski definition) is 2. The molecule has 0 aliphatic heterocycles. The quantitative estimate of drug-likeness (QED) is 0.362. The van der Waals surface area contributed by atoms with Crippen molar-refractivity contribution < 1.29 is 19.1 Å². The van der Waals surface area contributed by atoms with E-state index in [0.717, 1.165) is 24.2 Å². The second-order valence-electron chi connectivity index (χ2n) is 7.88. The second-order valence-corrected chi connectivity index (χ2v) is 7.88. The van der Waals surface area contributed by atoms with E-state index < -0.39 is 36.1 Å². The topological polar surface area (TPSA) is 87.7 Å². The number of carbonyl (C=O) groups excluding carboxylic acids is 3. The van der Waals surface area contributed by atoms with Crippen molar-refractivity contribution >= 4 is 17.9 Å². The van der Waals surface area contributed by atoms with Crippen LogP contribution in [0.25, 0.3) is 0 Å². The molecule has 2 N–H and O–H groups in total. The van der Waals surface area contributed by atoms with Crippen LogP contribution in [-0.4, -0.2) is 41.5 Å². The minimum atomic E-state index is -1.13. The molecule has 7 heteroatoms. The zero-order chi connectivity index (χ0) is 23.4. The Morgan fingerprint density at radius 1 is 1.13 bits per heavy atom. The number of ether oxygens (including phenoxy) is 1. The van der Waals surface area contributed by atoms with E-state index in [1.165, 1.54) is 0 Å². The first kappa shape index (κ1) is 25.6. The van der Waals surface area contributed by atoms with Gasteiger partial charge in [0.2, 0.25) is 5.91 Å². The van der Waals surface area contributed by atoms with Crippen molar-refractivity contribution in [2.45, 2.75) is 58.6 Å². The summed E-state index contributed by atoms with van der Waals surface area (Å²) in [6.07, 6.45) is 13.2. The van der Waals surface area contributed by atoms with Crippen LogP contribution in [0.3, 0.4) is 0 Å². The molecule has 0 radical (unpaired) electrons. The van der Waals surface area contributed by atoms with Crippen molar-refractivity contribution in [1.29, 1.82) is 0 Å². The molecule has 0 spiro atoms. The Morgan fingerprint density at radius 2 is 1.81 bits per heavy atom. The molecule has 31 heavy (non-hydrogen) atoms. The van der Waals surface area contributed by atoms with Gasteiger partial charge in [0.25, 0.3) is 5.91 Å². The molecule has 1 aromatic carbocycles. The molecule has 0 bridgehead atoms. The predicted octanol–water partition coefficient (Wildman–Crippen LogP) is 2.96. The van der Waals surface area contributed by atoms with Gasteiger partial charge in [0.15, 0.2) is 0 Å². The lowest BCUT2D eigenvalue weighted by atomic mass is 9.98. The Hall–Kier alpha value is -3.45. The van der Waals surface area contributed by atoms with E-state index in [4.69, 9.17) is 17.6 Å². The normalized spacial score (nSPS) is 11.4. The minimum Gasteiger partial charge on any atom is -0.444 e. The molecule has 0 aromatic heterocycles. The predicted molar refractivity (Wildman–Crippen MR) is 120 cm³/mol. The third-order valence-electron chi connectivity index (χ3n) is 4.19. The third-order valence-corrected chi connectivity index (χ3v) is 4.19. The maximum absolute atomic E-state index is 13.0. The van der Waals surface area contributed by atoms with Crippen LogP contribution in [0.2, 0.25) is 0 Å². The van der Waals surface area contributed by atoms with E-state index in [0.29, 0.717) is 17.7 Å². The van der Waals surface area contributed by atoms with Gasteiger partial charge in [-0.25, -0.2) is 4.79 Å². The number of amides is 3. The van der Waals surface area contributed by atoms with Crippen LogP contribution in [0, 0.1) is 24.8 Å². The molecule has 0 fully saturated rings. The van der Waals surface area contributed by atoms with E-state index in [9.17, 15) is 14.4 Å². The Morgan fingerprint density at radius 3 is 2.39 bits per heavy atom. The number of nitrogens with zero attached hydrogens (tertiary/aromatic N) is 1. The van der Waals surface area contributed by atoms with Crippen LogP contribution < -0.4 is 10.6 Å². The monoisotopic (exact) mass is 425 g/mol. The van der Waals surface area contributed by atoms with Crippen molar-refractivity contribution in [3.05, 3.63) is 35.4 Å². The summed E-state index contributed by atoms with van der Waals surface area (Å²) in [4.78, 5) is 38.7. The number of unbranched alkanes of at least 4 members (excludes halogenated alkanes) is 2. The van der Waals surface area contributed by atoms with Gasteiger partial charge >= 0.3 is 6.09 Å². The summed E-state index contributed by atoms with van der Waals surface area (Å²) in [5, 5.41) is 5.19. The first-order chi connectivity index (χ1) is 14.6. The number of alkyl carbamates (subject to hydrolysis) is 1. The summed E-state index contributed by atoms with van der Waals surface area (Å²) in [6.45, 7) is 7.19. The van der Waals surface area contributed by atoms with Gasteiger partial charge in [-0.2, -0.15) is 0 Å². The molecule has 0 heterocycles. The maximum atomic E-state index is 13.0. The van der Waals surface area contributed by atoms with Gasteiger partial charge in [-0.15, -0.1) is 6.42 Å². The van der Waals surface area contributed by atoms with Gasteiger partial charge in [-0.1, -0.05) is 50.3 Å². The molecule has 0 saturated carbocycles. The lowest BCUT2D eigenvalue weighted by Gasteiger charge is -2.27. The van der Waals surface area contributed by atoms with Gasteiger partial charge < -0.3 is 15.4 Å². The van der Waals surface area contributed by atoms with Crippen molar-refractivity contribution in [3.8, 4) is 24.8 Å². The number of terminal acetylenes is 2. The molecule has 0 aliphatic carbocycles. The van der Waals surface area contributed by atoms with Gasteiger partial charge in [-0.05, 0) is 33.3 Å². The lowest BCUT2D eigenvalue weighted by molar-refractivity contribution is -0.136. The molecule has 0 aliphatic rings. The van der Waals surface area contributed by atoms with E-state index in [2.05, 4.69) is 29.5 Å². The molecule has 166 valence electrons. The number of benzene rings is 1. The zero-order valence-corrected chi connectivity index (χ0v) is 18.7. The highest BCUT2D eigenvalue weighted by atomic mass is 16.6. The van der Waals surface area contributed by atoms with Crippen LogP contribution in [0.4, 0.5) is 4.79 Å². The third kappa shape index (κ3) is 8.44. The fourth-order valence-electron chi connectivity index (χ4n) is 2.79. The van der Waals surface area contributed by atoms with Crippen LogP contribution in [0.15, 0.2) is 24.3 Å². The van der Waals surface area contributed by atoms with Gasteiger partial charge in [0.1, 0.15) is 18.2 Å². The van der Waals surface area contributed by atoms with E-state index in [1.807, 2.05) is 0 Å². The van der Waals surface area contributed by atoms with Crippen molar-refractivity contribution in [3.63, 3.8) is 0 Å². The summed E-state index contributed by atoms with van der Waals surface area (Å²) in [6, 6.07) is 7.92. The molecule has 7 nitrogen and oxygen atoms in total. The highest BCUT2D eigenvalue weighted by molar-refractivity contribution is 5.92. The van der Waals surface area contributed by atoms with Crippen LogP contribution in [0.1, 0.15) is 64.1 Å². The lowest BCUT2D eigenvalue weighted by Crippen LogP contribution is -2.46. The molecule has 1 unspecified atom stereocenters. The summed E-state index contributed by atoms with van der Waals surface area (Å²) >= 11 is 0. The van der Waals surface area contributed by atoms with Gasteiger partial charge in [0.05, 0.1) is 0 Å². The largest absolute Gasteiger partial charge is 0.444 e. The van der Waals surface area contributed by atoms with E-state index in [-0.39, 0.29) is 0 Å². The fourth-order valence-corrected chi connectivity index (χ4v) is 2.79. The minimum absolute atomic E-state index is 0.432. The Bertz CT molecular complexity index is 859. The molecular formula is C24H31N3O4. The van der Waals surface area contributed by atoms with E-state index >= 15 is 0 Å². The number of nitrogens with one attached hydrogen (secondary N) is 2. The summed E-state index contributed by atoms with van der Waals surface area (Å²) in [5.41, 5.74) is 0.164. The molecule has 1 rings (SSSR count). The van der Waals surface area contributed by atoms with Gasteiger partial charge in [-0.3, -0.25) is 14.5 Å². The van der Waals surface area contributed by atoms with Crippen molar-refractivity contribution in [2.24, 2.45) is 0 Å². The fraction of sp³-hybridized carbons (Fsp3) is 0.458. The summed E-state index contributed by atoms with van der Waals surface area (Å²) in [7, 11) is 0. The van der Waals surface area contributed by atoms with Crippen molar-refractivity contribution in [2.75, 3.05) is 13.1 Å². The number of rotatable bonds is 9. The Balaban J connectivity index is 3.10. The summed E-state index contributed by atoms with van der Waals surface area (Å²) < 4.78 is 5.13. The standard InChI is InChI=1S/C24H31N3O4/c1-7-10-13-16-25-22(29)21(19-15-12-11-14-18(19)8-2)27(9-3)20(28)17-26-23(30)31-24(4,5)6/h2-3,11-12,14-15,21H,7,10,13,16-17H2,1,4-6H3,(H,25,29)(H,26,30). The molecule has 0 saturated heterocycles. The Labute approximate surface area is 184 Å². The van der Waals surface area contributed by atoms with Crippen LogP contribution in [0.5, 0.6) is 0 Å². The van der Waals surface area contributed by atoms with Crippen molar-refractivity contribution in [1.82, 2.24) is 15.5 Å². The smallest absolute Gasteiger partial charge is 0.408 e. The average Bonchev–Trinajstić information content (AvgIpc) is 2.72. The number of carbonyl (C=O) groups is 3. The van der Waals surface area contributed by atoms with Gasteiger partial charge in [0, 0.05) is 23.7 Å². The van der Waals surface area contributed by atoms with Crippen LogP contribution >= 0.6 is 0 Å².